The van der Waals surface area contributed by atoms with E-state index in [1.165, 1.54) is 0 Å². The topological polar surface area (TPSA) is 66.0 Å². The molecule has 1 aromatic carbocycles. The van der Waals surface area contributed by atoms with E-state index in [2.05, 4.69) is 15.6 Å². The standard InChI is InChI=1S/C19H29F3N4O2/c1-4-23-18(25-13-17(27)26(3)14-19(20,21)22)24-11-8-12-28-15(2)16-9-6-5-7-10-16/h5-7,9-10,15H,4,8,11-14H2,1-3H3,(H2,23,24,25). The first-order chi connectivity index (χ1) is 13.2. The monoisotopic (exact) mass is 402 g/mol. The van der Waals surface area contributed by atoms with Crippen molar-refractivity contribution >= 4 is 11.9 Å². The quantitative estimate of drug-likeness (QED) is 0.359. The lowest BCUT2D eigenvalue weighted by atomic mass is 10.1. The highest BCUT2D eigenvalue weighted by molar-refractivity contribution is 5.84. The van der Waals surface area contributed by atoms with Crippen molar-refractivity contribution in [2.24, 2.45) is 4.99 Å². The number of hydrogen-bond acceptors (Lipinski definition) is 3. The first-order valence-electron chi connectivity index (χ1n) is 9.22. The Kier molecular flexibility index (Phi) is 10.4. The summed E-state index contributed by atoms with van der Waals surface area (Å²) >= 11 is 0. The SMILES string of the molecule is CCNC(=NCC(=O)N(C)CC(F)(F)F)NCCCOC(C)c1ccccc1. The second-order valence-corrected chi connectivity index (χ2v) is 6.26. The number of aliphatic imine (C=N–C) groups is 1. The summed E-state index contributed by atoms with van der Waals surface area (Å²) in [5, 5.41) is 6.00. The van der Waals surface area contributed by atoms with Crippen LogP contribution in [0.3, 0.4) is 0 Å². The van der Waals surface area contributed by atoms with Gasteiger partial charge in [0, 0.05) is 26.7 Å². The van der Waals surface area contributed by atoms with Crippen LogP contribution in [-0.4, -0.2) is 62.8 Å². The molecule has 0 aliphatic rings. The molecule has 0 heterocycles. The number of nitrogens with one attached hydrogen (secondary N) is 2. The summed E-state index contributed by atoms with van der Waals surface area (Å²) in [4.78, 5) is 16.4. The van der Waals surface area contributed by atoms with Crippen LogP contribution in [0.4, 0.5) is 13.2 Å². The minimum Gasteiger partial charge on any atom is -0.374 e. The second-order valence-electron chi connectivity index (χ2n) is 6.26. The number of guanidine groups is 1. The molecule has 1 unspecified atom stereocenters. The molecule has 2 N–H and O–H groups in total. The van der Waals surface area contributed by atoms with E-state index in [0.29, 0.717) is 37.0 Å². The van der Waals surface area contributed by atoms with Gasteiger partial charge in [0.25, 0.3) is 0 Å². The van der Waals surface area contributed by atoms with E-state index < -0.39 is 18.6 Å². The molecular formula is C19H29F3N4O2. The number of halogens is 3. The molecule has 0 aromatic heterocycles. The molecule has 0 saturated heterocycles. The van der Waals surface area contributed by atoms with Gasteiger partial charge in [0.05, 0.1) is 6.10 Å². The van der Waals surface area contributed by atoms with Gasteiger partial charge in [-0.15, -0.1) is 0 Å². The van der Waals surface area contributed by atoms with Crippen LogP contribution >= 0.6 is 0 Å². The predicted molar refractivity (Wildman–Crippen MR) is 103 cm³/mol. The average Bonchev–Trinajstić information content (AvgIpc) is 2.64. The molecule has 6 nitrogen and oxygen atoms in total. The summed E-state index contributed by atoms with van der Waals surface area (Å²) in [7, 11) is 1.11. The molecule has 9 heteroatoms. The van der Waals surface area contributed by atoms with Gasteiger partial charge in [-0.25, -0.2) is 4.99 Å². The summed E-state index contributed by atoms with van der Waals surface area (Å²) in [5.41, 5.74) is 1.10. The van der Waals surface area contributed by atoms with Crippen LogP contribution in [0.25, 0.3) is 0 Å². The summed E-state index contributed by atoms with van der Waals surface area (Å²) in [6.45, 7) is 3.86. The van der Waals surface area contributed by atoms with Crippen LogP contribution in [0, 0.1) is 0 Å². The number of rotatable bonds is 10. The van der Waals surface area contributed by atoms with Gasteiger partial charge in [0.15, 0.2) is 5.96 Å². The minimum atomic E-state index is -4.42. The minimum absolute atomic E-state index is 0.00936. The van der Waals surface area contributed by atoms with Crippen LogP contribution in [-0.2, 0) is 9.53 Å². The van der Waals surface area contributed by atoms with E-state index >= 15 is 0 Å². The molecule has 0 aliphatic carbocycles. The fourth-order valence-corrected chi connectivity index (χ4v) is 2.33. The first-order valence-corrected chi connectivity index (χ1v) is 9.22. The number of likely N-dealkylation sites (N-methyl/N-ethyl adjacent to an activating group) is 1. The fourth-order valence-electron chi connectivity index (χ4n) is 2.33. The van der Waals surface area contributed by atoms with E-state index in [1.807, 2.05) is 44.2 Å². The molecular weight excluding hydrogens is 373 g/mol. The maximum Gasteiger partial charge on any atom is 0.406 e. The number of benzene rings is 1. The zero-order valence-electron chi connectivity index (χ0n) is 16.6. The second kappa shape index (κ2) is 12.2. The number of nitrogens with zero attached hydrogens (tertiary/aromatic N) is 2. The molecule has 28 heavy (non-hydrogen) atoms. The van der Waals surface area contributed by atoms with Crippen LogP contribution in [0.5, 0.6) is 0 Å². The number of ether oxygens (including phenoxy) is 1. The molecule has 1 atom stereocenters. The lowest BCUT2D eigenvalue weighted by Crippen LogP contribution is -2.40. The van der Waals surface area contributed by atoms with Crippen LogP contribution in [0.15, 0.2) is 35.3 Å². The number of hydrogen-bond donors (Lipinski definition) is 2. The lowest BCUT2D eigenvalue weighted by molar-refractivity contribution is -0.157. The van der Waals surface area contributed by atoms with Crippen molar-refractivity contribution in [2.45, 2.75) is 32.5 Å². The first kappa shape index (κ1) is 23.7. The third-order valence-corrected chi connectivity index (χ3v) is 3.81. The molecule has 0 radical (unpaired) electrons. The fraction of sp³-hybridized carbons (Fsp3) is 0.579. The van der Waals surface area contributed by atoms with Crippen molar-refractivity contribution in [1.82, 2.24) is 15.5 Å². The van der Waals surface area contributed by atoms with E-state index in [1.54, 1.807) is 0 Å². The summed E-state index contributed by atoms with van der Waals surface area (Å²) in [6.07, 6.45) is -3.72. The Balaban J connectivity index is 2.35. The molecule has 0 bridgehead atoms. The zero-order chi connectivity index (χ0) is 21.0. The Labute approximate surface area is 164 Å². The largest absolute Gasteiger partial charge is 0.406 e. The van der Waals surface area contributed by atoms with Crippen molar-refractivity contribution in [3.05, 3.63) is 35.9 Å². The molecule has 158 valence electrons. The van der Waals surface area contributed by atoms with Gasteiger partial charge in [0.2, 0.25) is 5.91 Å². The Morgan fingerprint density at radius 3 is 2.54 bits per heavy atom. The number of alkyl halides is 3. The summed E-state index contributed by atoms with van der Waals surface area (Å²) in [6, 6.07) is 9.89. The number of carbonyl (C=O) groups excluding carboxylic acids is 1. The van der Waals surface area contributed by atoms with Crippen LogP contribution in [0.1, 0.15) is 31.9 Å². The Hall–Kier alpha value is -2.29. The third kappa shape index (κ3) is 10.1. The van der Waals surface area contributed by atoms with Gasteiger partial charge in [-0.3, -0.25) is 4.79 Å². The van der Waals surface area contributed by atoms with Gasteiger partial charge >= 0.3 is 6.18 Å². The van der Waals surface area contributed by atoms with Gasteiger partial charge in [-0.05, 0) is 25.8 Å². The highest BCUT2D eigenvalue weighted by atomic mass is 19.4. The number of carbonyl (C=O) groups is 1. The lowest BCUT2D eigenvalue weighted by Gasteiger charge is -2.18. The molecule has 0 spiro atoms. The smallest absolute Gasteiger partial charge is 0.374 e. The molecule has 1 amide bonds. The van der Waals surface area contributed by atoms with E-state index in [9.17, 15) is 18.0 Å². The number of amides is 1. The highest BCUT2D eigenvalue weighted by Crippen LogP contribution is 2.16. The maximum absolute atomic E-state index is 12.3. The summed E-state index contributed by atoms with van der Waals surface area (Å²) in [5.74, 6) is -0.318. The third-order valence-electron chi connectivity index (χ3n) is 3.81. The Morgan fingerprint density at radius 1 is 1.25 bits per heavy atom. The molecule has 1 rings (SSSR count). The van der Waals surface area contributed by atoms with E-state index in [-0.39, 0.29) is 12.6 Å². The van der Waals surface area contributed by atoms with E-state index in [4.69, 9.17) is 4.74 Å². The molecule has 1 aromatic rings. The predicted octanol–water partition coefficient (Wildman–Crippen LogP) is 2.73. The van der Waals surface area contributed by atoms with Gasteiger partial charge in [-0.2, -0.15) is 13.2 Å². The van der Waals surface area contributed by atoms with Gasteiger partial charge in [0.1, 0.15) is 13.1 Å². The molecule has 0 fully saturated rings. The zero-order valence-corrected chi connectivity index (χ0v) is 16.6. The Bertz CT molecular complexity index is 609. The van der Waals surface area contributed by atoms with Crippen LogP contribution in [0.2, 0.25) is 0 Å². The molecule has 0 aliphatic heterocycles. The van der Waals surface area contributed by atoms with Crippen molar-refractivity contribution in [3.8, 4) is 0 Å². The van der Waals surface area contributed by atoms with Gasteiger partial charge in [-0.1, -0.05) is 30.3 Å². The maximum atomic E-state index is 12.3. The van der Waals surface area contributed by atoms with Crippen molar-refractivity contribution < 1.29 is 22.7 Å². The van der Waals surface area contributed by atoms with Crippen molar-refractivity contribution in [1.29, 1.82) is 0 Å². The Morgan fingerprint density at radius 2 is 1.93 bits per heavy atom. The normalized spacial score (nSPS) is 13.1. The van der Waals surface area contributed by atoms with Crippen molar-refractivity contribution in [2.75, 3.05) is 39.8 Å². The van der Waals surface area contributed by atoms with Crippen molar-refractivity contribution in [3.63, 3.8) is 0 Å². The van der Waals surface area contributed by atoms with Crippen LogP contribution < -0.4 is 10.6 Å². The average molecular weight is 402 g/mol. The highest BCUT2D eigenvalue weighted by Gasteiger charge is 2.31. The molecule has 0 saturated carbocycles. The van der Waals surface area contributed by atoms with Gasteiger partial charge < -0.3 is 20.3 Å². The summed E-state index contributed by atoms with van der Waals surface area (Å²) < 4.78 is 42.8. The van der Waals surface area contributed by atoms with E-state index in [0.717, 1.165) is 12.6 Å².